The molecule has 0 aliphatic heterocycles. The highest BCUT2D eigenvalue weighted by Gasteiger charge is 2.11. The van der Waals surface area contributed by atoms with Crippen LogP contribution in [0.1, 0.15) is 40.0 Å². The molecule has 0 spiro atoms. The topological polar surface area (TPSA) is 17.1 Å². The molecule has 70 valence electrons. The molecular formula is C11H20O. The van der Waals surface area contributed by atoms with Crippen LogP contribution in [0.15, 0.2) is 12.2 Å². The molecule has 0 aliphatic rings. The molecule has 0 saturated heterocycles. The van der Waals surface area contributed by atoms with Crippen molar-refractivity contribution in [1.82, 2.24) is 0 Å². The second kappa shape index (κ2) is 7.08. The smallest absolute Gasteiger partial charge is 0.142 e. The summed E-state index contributed by atoms with van der Waals surface area (Å²) in [4.78, 5) is 10.0. The summed E-state index contributed by atoms with van der Waals surface area (Å²) in [7, 11) is 0. The Morgan fingerprint density at radius 1 is 1.25 bits per heavy atom. The van der Waals surface area contributed by atoms with Crippen molar-refractivity contribution in [2.45, 2.75) is 40.0 Å². The van der Waals surface area contributed by atoms with E-state index in [1.807, 2.05) is 6.08 Å². The molecule has 1 nitrogen and oxygen atoms in total. The number of allylic oxidation sites excluding steroid dienone is 2. The quantitative estimate of drug-likeness (QED) is 0.439. The van der Waals surface area contributed by atoms with Gasteiger partial charge in [0.15, 0.2) is 0 Å². The Kier molecular flexibility index (Phi) is 6.73. The predicted molar refractivity (Wildman–Crippen MR) is 53.1 cm³/mol. The van der Waals surface area contributed by atoms with Gasteiger partial charge in [-0.15, -0.1) is 0 Å². The zero-order chi connectivity index (χ0) is 9.40. The van der Waals surface area contributed by atoms with Crippen molar-refractivity contribution < 1.29 is 4.79 Å². The number of hydrogen-bond donors (Lipinski definition) is 0. The number of carbonyl (C=O) groups is 1. The van der Waals surface area contributed by atoms with Crippen molar-refractivity contribution in [3.63, 3.8) is 0 Å². The van der Waals surface area contributed by atoms with Crippen molar-refractivity contribution in [2.24, 2.45) is 11.8 Å². The van der Waals surface area contributed by atoms with Crippen molar-refractivity contribution in [1.29, 1.82) is 0 Å². The lowest BCUT2D eigenvalue weighted by molar-refractivity contribution is -0.104. The van der Waals surface area contributed by atoms with Crippen LogP contribution in [0, 0.1) is 11.8 Å². The summed E-state index contributed by atoms with van der Waals surface area (Å²) in [5.41, 5.74) is 0. The largest absolute Gasteiger partial charge is 0.299 e. The zero-order valence-electron chi connectivity index (χ0n) is 8.42. The highest BCUT2D eigenvalue weighted by molar-refractivity contribution is 5.64. The summed E-state index contributed by atoms with van der Waals surface area (Å²) in [6, 6.07) is 0. The van der Waals surface area contributed by atoms with Gasteiger partial charge in [-0.05, 0) is 24.3 Å². The molecule has 2 unspecified atom stereocenters. The fourth-order valence-electron chi connectivity index (χ4n) is 1.44. The Morgan fingerprint density at radius 2 is 1.92 bits per heavy atom. The van der Waals surface area contributed by atoms with Crippen LogP contribution in [0.25, 0.3) is 0 Å². The van der Waals surface area contributed by atoms with E-state index in [0.29, 0.717) is 0 Å². The van der Waals surface area contributed by atoms with Gasteiger partial charge in [-0.2, -0.15) is 0 Å². The third-order valence-corrected chi connectivity index (χ3v) is 2.63. The maximum absolute atomic E-state index is 10.0. The molecule has 0 amide bonds. The summed E-state index contributed by atoms with van der Waals surface area (Å²) in [6.07, 6.45) is 7.91. The summed E-state index contributed by atoms with van der Waals surface area (Å²) >= 11 is 0. The van der Waals surface area contributed by atoms with Gasteiger partial charge in [0.05, 0.1) is 0 Å². The molecule has 0 saturated carbocycles. The first-order chi connectivity index (χ1) is 5.76. The van der Waals surface area contributed by atoms with Crippen LogP contribution in [-0.4, -0.2) is 6.29 Å². The number of rotatable bonds is 6. The molecule has 0 aromatic carbocycles. The van der Waals surface area contributed by atoms with E-state index in [4.69, 9.17) is 0 Å². The van der Waals surface area contributed by atoms with Crippen molar-refractivity contribution in [3.05, 3.63) is 12.2 Å². The summed E-state index contributed by atoms with van der Waals surface area (Å²) in [6.45, 7) is 6.71. The highest BCUT2D eigenvalue weighted by atomic mass is 16.1. The standard InChI is InChI=1S/C11H20O/c1-4-10(3)11(5-2)8-6-7-9-12/h6-7,9-11H,4-5,8H2,1-3H3. The van der Waals surface area contributed by atoms with E-state index in [-0.39, 0.29) is 0 Å². The first-order valence-corrected chi connectivity index (χ1v) is 4.86. The Morgan fingerprint density at radius 3 is 2.33 bits per heavy atom. The lowest BCUT2D eigenvalue weighted by Crippen LogP contribution is -2.08. The Bertz CT molecular complexity index is 138. The molecule has 0 aromatic heterocycles. The van der Waals surface area contributed by atoms with Gasteiger partial charge in [0.2, 0.25) is 0 Å². The first kappa shape index (κ1) is 11.4. The molecular weight excluding hydrogens is 148 g/mol. The minimum Gasteiger partial charge on any atom is -0.299 e. The zero-order valence-corrected chi connectivity index (χ0v) is 8.42. The van der Waals surface area contributed by atoms with Gasteiger partial charge in [-0.3, -0.25) is 4.79 Å². The average molecular weight is 168 g/mol. The van der Waals surface area contributed by atoms with E-state index in [2.05, 4.69) is 20.8 Å². The van der Waals surface area contributed by atoms with Crippen molar-refractivity contribution in [2.75, 3.05) is 0 Å². The predicted octanol–water partition coefficient (Wildman–Crippen LogP) is 3.20. The maximum Gasteiger partial charge on any atom is 0.142 e. The van der Waals surface area contributed by atoms with Crippen LogP contribution in [0.4, 0.5) is 0 Å². The minimum atomic E-state index is 0.742. The molecule has 0 bridgehead atoms. The van der Waals surface area contributed by atoms with E-state index >= 15 is 0 Å². The van der Waals surface area contributed by atoms with Gasteiger partial charge in [0, 0.05) is 0 Å². The first-order valence-electron chi connectivity index (χ1n) is 4.86. The molecule has 12 heavy (non-hydrogen) atoms. The number of hydrogen-bond acceptors (Lipinski definition) is 1. The lowest BCUT2D eigenvalue weighted by Gasteiger charge is -2.19. The van der Waals surface area contributed by atoms with Gasteiger partial charge in [-0.25, -0.2) is 0 Å². The second-order valence-electron chi connectivity index (χ2n) is 3.35. The van der Waals surface area contributed by atoms with E-state index in [1.54, 1.807) is 6.08 Å². The lowest BCUT2D eigenvalue weighted by atomic mass is 9.87. The van der Waals surface area contributed by atoms with E-state index in [1.165, 1.54) is 12.8 Å². The Hall–Kier alpha value is -0.590. The molecule has 0 fully saturated rings. The Balaban J connectivity index is 3.81. The fraction of sp³-hybridized carbons (Fsp3) is 0.727. The van der Waals surface area contributed by atoms with Gasteiger partial charge in [-0.1, -0.05) is 39.7 Å². The fourth-order valence-corrected chi connectivity index (χ4v) is 1.44. The Labute approximate surface area is 75.9 Å². The van der Waals surface area contributed by atoms with E-state index in [0.717, 1.165) is 24.5 Å². The number of aldehydes is 1. The van der Waals surface area contributed by atoms with Gasteiger partial charge >= 0.3 is 0 Å². The van der Waals surface area contributed by atoms with Crippen LogP contribution >= 0.6 is 0 Å². The monoisotopic (exact) mass is 168 g/mol. The molecule has 0 aliphatic carbocycles. The van der Waals surface area contributed by atoms with Crippen LogP contribution in [-0.2, 0) is 4.79 Å². The third-order valence-electron chi connectivity index (χ3n) is 2.63. The van der Waals surface area contributed by atoms with Crippen LogP contribution in [0.5, 0.6) is 0 Å². The molecule has 2 atom stereocenters. The molecule has 0 radical (unpaired) electrons. The molecule has 0 heterocycles. The van der Waals surface area contributed by atoms with Crippen molar-refractivity contribution in [3.8, 4) is 0 Å². The normalized spacial score (nSPS) is 16.2. The van der Waals surface area contributed by atoms with Crippen LogP contribution in [0.2, 0.25) is 0 Å². The third kappa shape index (κ3) is 4.32. The SMILES string of the molecule is CCC(C)C(CC)CC=CC=O. The van der Waals surface area contributed by atoms with Crippen molar-refractivity contribution >= 4 is 6.29 Å². The van der Waals surface area contributed by atoms with Gasteiger partial charge in [0.1, 0.15) is 6.29 Å². The molecule has 0 rings (SSSR count). The van der Waals surface area contributed by atoms with Gasteiger partial charge in [0.25, 0.3) is 0 Å². The van der Waals surface area contributed by atoms with E-state index in [9.17, 15) is 4.79 Å². The average Bonchev–Trinajstić information content (AvgIpc) is 2.11. The second-order valence-corrected chi connectivity index (χ2v) is 3.35. The summed E-state index contributed by atoms with van der Waals surface area (Å²) in [5.74, 6) is 1.51. The summed E-state index contributed by atoms with van der Waals surface area (Å²) in [5, 5.41) is 0. The highest BCUT2D eigenvalue weighted by Crippen LogP contribution is 2.22. The maximum atomic E-state index is 10.0. The molecule has 1 heteroatoms. The van der Waals surface area contributed by atoms with Crippen LogP contribution < -0.4 is 0 Å². The number of carbonyl (C=O) groups excluding carboxylic acids is 1. The van der Waals surface area contributed by atoms with E-state index < -0.39 is 0 Å². The molecule has 0 aromatic rings. The summed E-state index contributed by atoms with van der Waals surface area (Å²) < 4.78 is 0. The van der Waals surface area contributed by atoms with Gasteiger partial charge < -0.3 is 0 Å². The molecule has 0 N–H and O–H groups in total. The van der Waals surface area contributed by atoms with Crippen LogP contribution in [0.3, 0.4) is 0 Å². The minimum absolute atomic E-state index is 0.742.